The summed E-state index contributed by atoms with van der Waals surface area (Å²) in [5.74, 6) is 0. The SMILES string of the molecule is Clc1cc[c]cc1-c1cccc(Br)c1. The molecule has 0 nitrogen and oxygen atoms in total. The molecule has 0 heterocycles. The second-order valence-electron chi connectivity index (χ2n) is 2.92. The fourth-order valence-corrected chi connectivity index (χ4v) is 1.91. The third-order valence-electron chi connectivity index (χ3n) is 1.95. The van der Waals surface area contributed by atoms with E-state index >= 15 is 0 Å². The molecule has 0 bridgehead atoms. The lowest BCUT2D eigenvalue weighted by atomic mass is 10.1. The van der Waals surface area contributed by atoms with Crippen molar-refractivity contribution in [3.63, 3.8) is 0 Å². The molecule has 0 N–H and O–H groups in total. The van der Waals surface area contributed by atoms with Crippen LogP contribution in [0.15, 0.2) is 46.9 Å². The van der Waals surface area contributed by atoms with Crippen molar-refractivity contribution in [3.05, 3.63) is 58.0 Å². The van der Waals surface area contributed by atoms with Gasteiger partial charge in [0.1, 0.15) is 0 Å². The molecule has 69 valence electrons. The second-order valence-corrected chi connectivity index (χ2v) is 4.24. The minimum atomic E-state index is 0.752. The number of hydrogen-bond donors (Lipinski definition) is 0. The number of benzene rings is 2. The summed E-state index contributed by atoms with van der Waals surface area (Å²) in [5.41, 5.74) is 2.11. The molecule has 14 heavy (non-hydrogen) atoms. The topological polar surface area (TPSA) is 0 Å². The fourth-order valence-electron chi connectivity index (χ4n) is 1.29. The van der Waals surface area contributed by atoms with E-state index in [1.54, 1.807) is 0 Å². The average molecular weight is 267 g/mol. The van der Waals surface area contributed by atoms with Gasteiger partial charge in [-0.15, -0.1) is 0 Å². The molecule has 0 fully saturated rings. The summed E-state index contributed by atoms with van der Waals surface area (Å²) in [6.07, 6.45) is 0. The van der Waals surface area contributed by atoms with Gasteiger partial charge in [0, 0.05) is 15.1 Å². The van der Waals surface area contributed by atoms with E-state index in [4.69, 9.17) is 11.6 Å². The van der Waals surface area contributed by atoms with Crippen molar-refractivity contribution in [1.82, 2.24) is 0 Å². The van der Waals surface area contributed by atoms with Gasteiger partial charge in [0.15, 0.2) is 0 Å². The molecule has 0 atom stereocenters. The highest BCUT2D eigenvalue weighted by Gasteiger charge is 2.01. The zero-order valence-electron chi connectivity index (χ0n) is 7.30. The molecule has 0 aliphatic carbocycles. The lowest BCUT2D eigenvalue weighted by Gasteiger charge is -2.03. The fraction of sp³-hybridized carbons (Fsp3) is 0. The molecule has 1 radical (unpaired) electrons. The van der Waals surface area contributed by atoms with Crippen molar-refractivity contribution >= 4 is 27.5 Å². The Kier molecular flexibility index (Phi) is 2.90. The molecule has 0 aliphatic heterocycles. The summed E-state index contributed by atoms with van der Waals surface area (Å²) < 4.78 is 1.05. The Bertz CT molecular complexity index is 452. The molecule has 0 unspecified atom stereocenters. The molecule has 0 amide bonds. The molecule has 2 aromatic carbocycles. The first-order chi connectivity index (χ1) is 6.77. The van der Waals surface area contributed by atoms with Crippen molar-refractivity contribution in [2.75, 3.05) is 0 Å². The van der Waals surface area contributed by atoms with Gasteiger partial charge in [-0.3, -0.25) is 0 Å². The van der Waals surface area contributed by atoms with Crippen LogP contribution in [0.3, 0.4) is 0 Å². The van der Waals surface area contributed by atoms with Crippen LogP contribution in [0.25, 0.3) is 11.1 Å². The predicted molar refractivity (Wildman–Crippen MR) is 63.4 cm³/mol. The van der Waals surface area contributed by atoms with Gasteiger partial charge in [-0.2, -0.15) is 0 Å². The van der Waals surface area contributed by atoms with Crippen molar-refractivity contribution in [3.8, 4) is 11.1 Å². The number of halogens is 2. The molecular weight excluding hydrogens is 259 g/mol. The third kappa shape index (κ3) is 1.99. The van der Waals surface area contributed by atoms with E-state index < -0.39 is 0 Å². The first-order valence-corrected chi connectivity index (χ1v) is 5.36. The van der Waals surface area contributed by atoms with Crippen LogP contribution in [-0.2, 0) is 0 Å². The van der Waals surface area contributed by atoms with E-state index in [1.165, 1.54) is 0 Å². The largest absolute Gasteiger partial charge is 0.0837 e. The van der Waals surface area contributed by atoms with Crippen LogP contribution in [0.1, 0.15) is 0 Å². The Labute approximate surface area is 96.7 Å². The molecular formula is C12H7BrCl. The molecule has 0 aliphatic rings. The highest BCUT2D eigenvalue weighted by molar-refractivity contribution is 9.10. The zero-order valence-corrected chi connectivity index (χ0v) is 9.64. The van der Waals surface area contributed by atoms with E-state index in [0.717, 1.165) is 20.6 Å². The van der Waals surface area contributed by atoms with Crippen LogP contribution in [-0.4, -0.2) is 0 Å². The van der Waals surface area contributed by atoms with E-state index in [1.807, 2.05) is 42.5 Å². The van der Waals surface area contributed by atoms with Crippen molar-refractivity contribution in [2.24, 2.45) is 0 Å². The van der Waals surface area contributed by atoms with Gasteiger partial charge in [0.05, 0.1) is 0 Å². The third-order valence-corrected chi connectivity index (χ3v) is 2.77. The van der Waals surface area contributed by atoms with Crippen molar-refractivity contribution in [1.29, 1.82) is 0 Å². The minimum absolute atomic E-state index is 0.752. The van der Waals surface area contributed by atoms with Crippen LogP contribution in [0.4, 0.5) is 0 Å². The van der Waals surface area contributed by atoms with Gasteiger partial charge in [-0.25, -0.2) is 0 Å². The maximum Gasteiger partial charge on any atom is 0.0484 e. The summed E-state index contributed by atoms with van der Waals surface area (Å²) in [4.78, 5) is 0. The lowest BCUT2D eigenvalue weighted by molar-refractivity contribution is 1.59. The zero-order chi connectivity index (χ0) is 9.97. The summed E-state index contributed by atoms with van der Waals surface area (Å²) in [5, 5.41) is 0.752. The Morgan fingerprint density at radius 1 is 1.21 bits per heavy atom. The van der Waals surface area contributed by atoms with Gasteiger partial charge >= 0.3 is 0 Å². The predicted octanol–water partition coefficient (Wildman–Crippen LogP) is 4.57. The van der Waals surface area contributed by atoms with E-state index in [0.29, 0.717) is 0 Å². The van der Waals surface area contributed by atoms with E-state index in [9.17, 15) is 0 Å². The smallest absolute Gasteiger partial charge is 0.0484 e. The standard InChI is InChI=1S/C12H7BrCl/c13-10-5-3-4-9(8-10)11-6-1-2-7-12(11)14/h2-8H. The Hall–Kier alpha value is -0.790. The molecule has 0 aromatic heterocycles. The monoisotopic (exact) mass is 265 g/mol. The highest BCUT2D eigenvalue weighted by atomic mass is 79.9. The van der Waals surface area contributed by atoms with E-state index in [-0.39, 0.29) is 0 Å². The van der Waals surface area contributed by atoms with Gasteiger partial charge in [-0.1, -0.05) is 45.7 Å². The molecule has 2 aromatic rings. The van der Waals surface area contributed by atoms with Crippen LogP contribution >= 0.6 is 27.5 Å². The molecule has 0 saturated heterocycles. The van der Waals surface area contributed by atoms with Crippen LogP contribution in [0, 0.1) is 6.07 Å². The quantitative estimate of drug-likeness (QED) is 0.709. The Balaban J connectivity index is 2.55. The summed E-state index contributed by atoms with van der Waals surface area (Å²) in [6, 6.07) is 16.6. The number of rotatable bonds is 1. The molecule has 2 heteroatoms. The molecule has 0 spiro atoms. The lowest BCUT2D eigenvalue weighted by Crippen LogP contribution is -1.78. The highest BCUT2D eigenvalue weighted by Crippen LogP contribution is 2.28. The average Bonchev–Trinajstić information content (AvgIpc) is 2.18. The van der Waals surface area contributed by atoms with Crippen LogP contribution in [0.2, 0.25) is 5.02 Å². The van der Waals surface area contributed by atoms with Gasteiger partial charge in [0.25, 0.3) is 0 Å². The molecule has 0 saturated carbocycles. The minimum Gasteiger partial charge on any atom is -0.0837 e. The van der Waals surface area contributed by atoms with Gasteiger partial charge in [0.2, 0.25) is 0 Å². The maximum atomic E-state index is 6.08. The Morgan fingerprint density at radius 2 is 2.07 bits per heavy atom. The molecule has 2 rings (SSSR count). The maximum absolute atomic E-state index is 6.08. The normalized spacial score (nSPS) is 10.1. The van der Waals surface area contributed by atoms with E-state index in [2.05, 4.69) is 22.0 Å². The van der Waals surface area contributed by atoms with Crippen molar-refractivity contribution in [2.45, 2.75) is 0 Å². The summed E-state index contributed by atoms with van der Waals surface area (Å²) >= 11 is 9.51. The Morgan fingerprint density at radius 3 is 2.79 bits per heavy atom. The van der Waals surface area contributed by atoms with Gasteiger partial charge < -0.3 is 0 Å². The first-order valence-electron chi connectivity index (χ1n) is 4.19. The van der Waals surface area contributed by atoms with Crippen LogP contribution in [0.5, 0.6) is 0 Å². The second kappa shape index (κ2) is 4.16. The first kappa shape index (κ1) is 9.75. The van der Waals surface area contributed by atoms with Crippen molar-refractivity contribution < 1.29 is 0 Å². The van der Waals surface area contributed by atoms with Gasteiger partial charge in [-0.05, 0) is 35.9 Å². The summed E-state index contributed by atoms with van der Waals surface area (Å²) in [7, 11) is 0. The number of hydrogen-bond acceptors (Lipinski definition) is 0. The van der Waals surface area contributed by atoms with Crippen LogP contribution < -0.4 is 0 Å². The summed E-state index contributed by atoms with van der Waals surface area (Å²) in [6.45, 7) is 0.